The van der Waals surface area contributed by atoms with E-state index in [0.717, 1.165) is 11.1 Å². The standard InChI is InChI=1S/C20H20N2O7/c23-19(5-1-3-15-7-11-17(12-8-15)21(25)26)29-20(24)6-2-4-16-9-13-18(14-10-16)22(27)28/h7-14H,1-6H2. The summed E-state index contributed by atoms with van der Waals surface area (Å²) in [6, 6.07) is 12.1. The molecule has 2 aromatic rings. The lowest BCUT2D eigenvalue weighted by Gasteiger charge is -2.04. The van der Waals surface area contributed by atoms with Crippen molar-refractivity contribution in [2.45, 2.75) is 38.5 Å². The fraction of sp³-hybridized carbons (Fsp3) is 0.300. The van der Waals surface area contributed by atoms with Crippen LogP contribution in [-0.4, -0.2) is 21.8 Å². The van der Waals surface area contributed by atoms with Crippen LogP contribution in [0.1, 0.15) is 36.8 Å². The lowest BCUT2D eigenvalue weighted by molar-refractivity contribution is -0.385. The molecule has 2 aromatic carbocycles. The van der Waals surface area contributed by atoms with Gasteiger partial charge in [-0.25, -0.2) is 0 Å². The molecule has 0 radical (unpaired) electrons. The van der Waals surface area contributed by atoms with Gasteiger partial charge >= 0.3 is 11.9 Å². The number of aryl methyl sites for hydroxylation is 2. The fourth-order valence-corrected chi connectivity index (χ4v) is 2.67. The average Bonchev–Trinajstić information content (AvgIpc) is 2.68. The number of benzene rings is 2. The molecule has 0 unspecified atom stereocenters. The summed E-state index contributed by atoms with van der Waals surface area (Å²) in [6.07, 6.45) is 2.17. The Kier molecular flexibility index (Phi) is 7.96. The molecule has 0 heterocycles. The highest BCUT2D eigenvalue weighted by Gasteiger charge is 2.11. The molecule has 0 amide bonds. The number of nitro groups is 2. The van der Waals surface area contributed by atoms with E-state index in [1.54, 1.807) is 24.3 Å². The van der Waals surface area contributed by atoms with Crippen molar-refractivity contribution in [2.24, 2.45) is 0 Å². The first-order chi connectivity index (χ1) is 13.8. The molecular weight excluding hydrogens is 380 g/mol. The van der Waals surface area contributed by atoms with Crippen LogP contribution in [0.2, 0.25) is 0 Å². The van der Waals surface area contributed by atoms with E-state index < -0.39 is 21.8 Å². The van der Waals surface area contributed by atoms with Crippen molar-refractivity contribution in [2.75, 3.05) is 0 Å². The molecule has 152 valence electrons. The van der Waals surface area contributed by atoms with Gasteiger partial charge in [0.25, 0.3) is 11.4 Å². The van der Waals surface area contributed by atoms with E-state index in [0.29, 0.717) is 25.7 Å². The van der Waals surface area contributed by atoms with E-state index in [1.807, 2.05) is 0 Å². The summed E-state index contributed by atoms with van der Waals surface area (Å²) in [5.74, 6) is -1.21. The Labute approximate surface area is 166 Å². The molecule has 0 atom stereocenters. The number of carbonyl (C=O) groups excluding carboxylic acids is 2. The zero-order valence-corrected chi connectivity index (χ0v) is 15.6. The third-order valence-corrected chi connectivity index (χ3v) is 4.21. The Morgan fingerprint density at radius 2 is 1.03 bits per heavy atom. The molecule has 9 heteroatoms. The summed E-state index contributed by atoms with van der Waals surface area (Å²) in [5, 5.41) is 21.2. The average molecular weight is 400 g/mol. The molecule has 0 saturated carbocycles. The Morgan fingerprint density at radius 1 is 0.690 bits per heavy atom. The van der Waals surface area contributed by atoms with Crippen molar-refractivity contribution in [1.29, 1.82) is 0 Å². The Bertz CT molecular complexity index is 803. The maximum Gasteiger partial charge on any atom is 0.313 e. The van der Waals surface area contributed by atoms with Crippen molar-refractivity contribution in [3.8, 4) is 0 Å². The van der Waals surface area contributed by atoms with Gasteiger partial charge < -0.3 is 4.74 Å². The quantitative estimate of drug-likeness (QED) is 0.256. The summed E-state index contributed by atoms with van der Waals surface area (Å²) < 4.78 is 4.77. The molecule has 0 aliphatic heterocycles. The predicted molar refractivity (Wildman–Crippen MR) is 103 cm³/mol. The number of nitrogens with zero attached hydrogens (tertiary/aromatic N) is 2. The van der Waals surface area contributed by atoms with Crippen molar-refractivity contribution < 1.29 is 24.2 Å². The van der Waals surface area contributed by atoms with Crippen molar-refractivity contribution in [1.82, 2.24) is 0 Å². The van der Waals surface area contributed by atoms with Gasteiger partial charge in [-0.2, -0.15) is 0 Å². The monoisotopic (exact) mass is 400 g/mol. The molecule has 0 aliphatic carbocycles. The van der Waals surface area contributed by atoms with E-state index in [2.05, 4.69) is 0 Å². The summed E-state index contributed by atoms with van der Waals surface area (Å²) in [7, 11) is 0. The minimum Gasteiger partial charge on any atom is -0.393 e. The number of hydrogen-bond acceptors (Lipinski definition) is 7. The molecule has 0 N–H and O–H groups in total. The smallest absolute Gasteiger partial charge is 0.313 e. The number of esters is 2. The predicted octanol–water partition coefficient (Wildman–Crippen LogP) is 3.92. The van der Waals surface area contributed by atoms with Crippen LogP contribution in [0.4, 0.5) is 11.4 Å². The molecule has 29 heavy (non-hydrogen) atoms. The third-order valence-electron chi connectivity index (χ3n) is 4.21. The van der Waals surface area contributed by atoms with Gasteiger partial charge in [-0.1, -0.05) is 24.3 Å². The molecule has 0 saturated heterocycles. The lowest BCUT2D eigenvalue weighted by Crippen LogP contribution is -2.12. The zero-order valence-electron chi connectivity index (χ0n) is 15.6. The molecule has 0 fully saturated rings. The summed E-state index contributed by atoms with van der Waals surface area (Å²) in [4.78, 5) is 43.7. The summed E-state index contributed by atoms with van der Waals surface area (Å²) >= 11 is 0. The molecule has 2 rings (SSSR count). The number of ether oxygens (including phenoxy) is 1. The minimum atomic E-state index is -0.604. The second kappa shape index (κ2) is 10.6. The first kappa shape index (κ1) is 21.7. The van der Waals surface area contributed by atoms with E-state index in [1.165, 1.54) is 24.3 Å². The van der Waals surface area contributed by atoms with E-state index >= 15 is 0 Å². The Balaban J connectivity index is 1.63. The van der Waals surface area contributed by atoms with Gasteiger partial charge in [0.15, 0.2) is 0 Å². The van der Waals surface area contributed by atoms with E-state index in [-0.39, 0.29) is 24.2 Å². The Hall–Kier alpha value is -3.62. The lowest BCUT2D eigenvalue weighted by atomic mass is 10.1. The maximum atomic E-state index is 11.7. The van der Waals surface area contributed by atoms with Crippen LogP contribution in [0.5, 0.6) is 0 Å². The first-order valence-electron chi connectivity index (χ1n) is 9.05. The Morgan fingerprint density at radius 3 is 1.34 bits per heavy atom. The first-order valence-corrected chi connectivity index (χ1v) is 9.05. The van der Waals surface area contributed by atoms with Gasteiger partial charge in [-0.15, -0.1) is 0 Å². The summed E-state index contributed by atoms with van der Waals surface area (Å²) in [5.41, 5.74) is 1.73. The van der Waals surface area contributed by atoms with Gasteiger partial charge in [-0.3, -0.25) is 29.8 Å². The van der Waals surface area contributed by atoms with Gasteiger partial charge in [-0.05, 0) is 36.8 Å². The highest BCUT2D eigenvalue weighted by Crippen LogP contribution is 2.15. The van der Waals surface area contributed by atoms with Crippen LogP contribution >= 0.6 is 0 Å². The van der Waals surface area contributed by atoms with Crippen molar-refractivity contribution in [3.05, 3.63) is 79.9 Å². The van der Waals surface area contributed by atoms with Gasteiger partial charge in [0.05, 0.1) is 9.85 Å². The number of nitro benzene ring substituents is 2. The largest absolute Gasteiger partial charge is 0.393 e. The normalized spacial score (nSPS) is 10.3. The number of hydrogen-bond donors (Lipinski definition) is 0. The molecule has 9 nitrogen and oxygen atoms in total. The van der Waals surface area contributed by atoms with Crippen LogP contribution in [0, 0.1) is 20.2 Å². The van der Waals surface area contributed by atoms with Gasteiger partial charge in [0, 0.05) is 37.1 Å². The minimum absolute atomic E-state index is 0.00693. The van der Waals surface area contributed by atoms with Crippen LogP contribution in [0.3, 0.4) is 0 Å². The molecule has 0 spiro atoms. The zero-order chi connectivity index (χ0) is 21.2. The highest BCUT2D eigenvalue weighted by molar-refractivity contribution is 5.85. The van der Waals surface area contributed by atoms with Crippen molar-refractivity contribution >= 4 is 23.3 Å². The maximum absolute atomic E-state index is 11.7. The summed E-state index contributed by atoms with van der Waals surface area (Å²) in [6.45, 7) is 0. The fourth-order valence-electron chi connectivity index (χ4n) is 2.67. The second-order valence-electron chi connectivity index (χ2n) is 6.40. The number of carbonyl (C=O) groups is 2. The molecule has 0 aliphatic rings. The topological polar surface area (TPSA) is 130 Å². The van der Waals surface area contributed by atoms with Gasteiger partial charge in [0.1, 0.15) is 0 Å². The second-order valence-corrected chi connectivity index (χ2v) is 6.40. The van der Waals surface area contributed by atoms with Crippen LogP contribution < -0.4 is 0 Å². The highest BCUT2D eigenvalue weighted by atomic mass is 16.6. The SMILES string of the molecule is O=C(CCCc1ccc([N+](=O)[O-])cc1)OC(=O)CCCc1ccc([N+](=O)[O-])cc1. The number of non-ortho nitro benzene ring substituents is 2. The van der Waals surface area contributed by atoms with Crippen molar-refractivity contribution in [3.63, 3.8) is 0 Å². The molecule has 0 aromatic heterocycles. The van der Waals surface area contributed by atoms with Gasteiger partial charge in [0.2, 0.25) is 0 Å². The van der Waals surface area contributed by atoms with Crippen LogP contribution in [-0.2, 0) is 27.2 Å². The number of rotatable bonds is 10. The van der Waals surface area contributed by atoms with E-state index in [4.69, 9.17) is 4.74 Å². The molecular formula is C20H20N2O7. The van der Waals surface area contributed by atoms with E-state index in [9.17, 15) is 29.8 Å². The van der Waals surface area contributed by atoms with Crippen LogP contribution in [0.15, 0.2) is 48.5 Å². The third kappa shape index (κ3) is 7.49. The molecule has 0 bridgehead atoms. The van der Waals surface area contributed by atoms with Crippen LogP contribution in [0.25, 0.3) is 0 Å².